The molecule has 1 N–H and O–H groups in total. The Kier molecular flexibility index (Phi) is 5.51. The molecule has 7 nitrogen and oxygen atoms in total. The highest BCUT2D eigenvalue weighted by atomic mass is 35.5. The van der Waals surface area contributed by atoms with Crippen molar-refractivity contribution in [2.75, 3.05) is 0 Å². The maximum absolute atomic E-state index is 12.5. The first kappa shape index (κ1) is 19.0. The number of nitrogens with zero attached hydrogens (tertiary/aromatic N) is 4. The molecule has 0 saturated heterocycles. The molecule has 3 rings (SSSR count). The van der Waals surface area contributed by atoms with Gasteiger partial charge in [-0.15, -0.1) is 0 Å². The van der Waals surface area contributed by atoms with Gasteiger partial charge in [-0.2, -0.15) is 10.2 Å². The lowest BCUT2D eigenvalue weighted by Crippen LogP contribution is -2.27. The van der Waals surface area contributed by atoms with Gasteiger partial charge < -0.3 is 10.1 Å². The van der Waals surface area contributed by atoms with Crippen LogP contribution in [0.25, 0.3) is 0 Å². The molecule has 1 unspecified atom stereocenters. The number of rotatable bonds is 6. The number of aromatic nitrogens is 4. The zero-order chi connectivity index (χ0) is 19.6. The van der Waals surface area contributed by atoms with Crippen molar-refractivity contribution < 1.29 is 9.53 Å². The summed E-state index contributed by atoms with van der Waals surface area (Å²) in [6.07, 6.45) is 3.59. The fraction of sp³-hybridized carbons (Fsp3) is 0.316. The van der Waals surface area contributed by atoms with E-state index in [2.05, 4.69) is 15.5 Å². The average molecular weight is 388 g/mol. The molecule has 1 aromatic carbocycles. The van der Waals surface area contributed by atoms with E-state index in [4.69, 9.17) is 16.3 Å². The minimum atomic E-state index is -0.252. The molecule has 142 valence electrons. The van der Waals surface area contributed by atoms with Gasteiger partial charge in [-0.25, -0.2) is 4.68 Å². The van der Waals surface area contributed by atoms with E-state index in [1.165, 1.54) is 0 Å². The molecule has 3 aromatic rings. The molecule has 8 heteroatoms. The summed E-state index contributed by atoms with van der Waals surface area (Å²) in [5.74, 6) is 0.330. The highest BCUT2D eigenvalue weighted by Gasteiger charge is 2.17. The lowest BCUT2D eigenvalue weighted by Gasteiger charge is -2.12. The van der Waals surface area contributed by atoms with Crippen molar-refractivity contribution in [1.29, 1.82) is 0 Å². The third kappa shape index (κ3) is 4.49. The molecule has 0 saturated carbocycles. The molecular weight excluding hydrogens is 366 g/mol. The van der Waals surface area contributed by atoms with Gasteiger partial charge in [0.05, 0.1) is 16.8 Å². The smallest absolute Gasteiger partial charge is 0.272 e. The predicted molar refractivity (Wildman–Crippen MR) is 103 cm³/mol. The number of amides is 1. The molecule has 0 aliphatic rings. The Morgan fingerprint density at radius 2 is 2.07 bits per heavy atom. The molecule has 0 aliphatic heterocycles. The number of halogens is 1. The minimum absolute atomic E-state index is 0.160. The lowest BCUT2D eigenvalue weighted by molar-refractivity contribution is 0.0932. The predicted octanol–water partition coefficient (Wildman–Crippen LogP) is 3.41. The molecule has 0 spiro atoms. The normalized spacial score (nSPS) is 12.0. The lowest BCUT2D eigenvalue weighted by atomic mass is 10.1. The minimum Gasteiger partial charge on any atom is -0.470 e. The van der Waals surface area contributed by atoms with E-state index in [0.29, 0.717) is 16.5 Å². The first-order valence-corrected chi connectivity index (χ1v) is 8.94. The Labute approximate surface area is 162 Å². The maximum Gasteiger partial charge on any atom is 0.272 e. The van der Waals surface area contributed by atoms with Gasteiger partial charge in [0.15, 0.2) is 6.73 Å². The Morgan fingerprint density at radius 3 is 2.78 bits per heavy atom. The molecule has 2 aromatic heterocycles. The van der Waals surface area contributed by atoms with E-state index in [9.17, 15) is 4.79 Å². The van der Waals surface area contributed by atoms with Crippen LogP contribution in [0.4, 0.5) is 0 Å². The van der Waals surface area contributed by atoms with Crippen molar-refractivity contribution in [1.82, 2.24) is 24.9 Å². The van der Waals surface area contributed by atoms with Crippen molar-refractivity contribution in [3.05, 3.63) is 64.2 Å². The summed E-state index contributed by atoms with van der Waals surface area (Å²) >= 11 is 6.12. The molecule has 2 heterocycles. The highest BCUT2D eigenvalue weighted by molar-refractivity contribution is 6.32. The first-order chi connectivity index (χ1) is 12.8. The summed E-state index contributed by atoms with van der Waals surface area (Å²) in [7, 11) is 1.85. The van der Waals surface area contributed by atoms with Crippen LogP contribution in [-0.4, -0.2) is 25.5 Å². The number of carbonyl (C=O) groups excluding carboxylic acids is 1. The third-order valence-electron chi connectivity index (χ3n) is 4.18. The van der Waals surface area contributed by atoms with Crippen molar-refractivity contribution >= 4 is 17.5 Å². The van der Waals surface area contributed by atoms with Crippen LogP contribution in [0, 0.1) is 13.8 Å². The monoisotopic (exact) mass is 387 g/mol. The van der Waals surface area contributed by atoms with E-state index in [0.717, 1.165) is 16.8 Å². The maximum atomic E-state index is 12.5. The molecule has 0 radical (unpaired) electrons. The molecular formula is C19H22ClN5O2. The zero-order valence-corrected chi connectivity index (χ0v) is 16.5. The molecule has 1 atom stereocenters. The van der Waals surface area contributed by atoms with Crippen LogP contribution in [0.15, 0.2) is 36.7 Å². The molecule has 27 heavy (non-hydrogen) atoms. The Hall–Kier alpha value is -2.80. The van der Waals surface area contributed by atoms with E-state index >= 15 is 0 Å². The van der Waals surface area contributed by atoms with Crippen LogP contribution < -0.4 is 10.1 Å². The van der Waals surface area contributed by atoms with Crippen LogP contribution in [0.1, 0.15) is 40.3 Å². The summed E-state index contributed by atoms with van der Waals surface area (Å²) in [5, 5.41) is 12.0. The van der Waals surface area contributed by atoms with E-state index < -0.39 is 0 Å². The van der Waals surface area contributed by atoms with Gasteiger partial charge in [-0.05, 0) is 44.5 Å². The number of benzene rings is 1. The van der Waals surface area contributed by atoms with Gasteiger partial charge in [-0.3, -0.25) is 9.48 Å². The van der Waals surface area contributed by atoms with E-state index in [1.54, 1.807) is 27.7 Å². The first-order valence-electron chi connectivity index (χ1n) is 8.57. The van der Waals surface area contributed by atoms with Crippen molar-refractivity contribution in [2.45, 2.75) is 33.5 Å². The summed E-state index contributed by atoms with van der Waals surface area (Å²) in [4.78, 5) is 12.5. The second kappa shape index (κ2) is 7.84. The second-order valence-electron chi connectivity index (χ2n) is 6.49. The van der Waals surface area contributed by atoms with Crippen LogP contribution in [0.3, 0.4) is 0 Å². The van der Waals surface area contributed by atoms with E-state index in [1.807, 2.05) is 46.1 Å². The van der Waals surface area contributed by atoms with Crippen molar-refractivity contribution in [3.8, 4) is 5.75 Å². The fourth-order valence-electron chi connectivity index (χ4n) is 2.80. The van der Waals surface area contributed by atoms with Gasteiger partial charge in [-0.1, -0.05) is 17.7 Å². The molecule has 1 amide bonds. The van der Waals surface area contributed by atoms with Gasteiger partial charge in [0.25, 0.3) is 5.91 Å². The second-order valence-corrected chi connectivity index (χ2v) is 6.89. The topological polar surface area (TPSA) is 74.0 Å². The average Bonchev–Trinajstić information content (AvgIpc) is 3.22. The SMILES string of the molecule is Cc1ccc(Cl)c(OCn2ccc(C(=O)NC(C)c3cn(C)nc3C)n2)c1. The number of nitrogens with one attached hydrogen (secondary N) is 1. The Balaban J connectivity index is 1.62. The third-order valence-corrected chi connectivity index (χ3v) is 4.49. The van der Waals surface area contributed by atoms with Crippen LogP contribution in [0.2, 0.25) is 5.02 Å². The molecule has 0 aliphatic carbocycles. The van der Waals surface area contributed by atoms with Crippen molar-refractivity contribution in [3.63, 3.8) is 0 Å². The van der Waals surface area contributed by atoms with Gasteiger partial charge in [0.1, 0.15) is 11.4 Å². The number of hydrogen-bond donors (Lipinski definition) is 1. The Morgan fingerprint density at radius 1 is 1.30 bits per heavy atom. The van der Waals surface area contributed by atoms with Gasteiger partial charge in [0.2, 0.25) is 0 Å². The highest BCUT2D eigenvalue weighted by Crippen LogP contribution is 2.25. The zero-order valence-electron chi connectivity index (χ0n) is 15.7. The summed E-state index contributed by atoms with van der Waals surface area (Å²) in [6.45, 7) is 5.96. The standard InChI is InChI=1S/C19H22ClN5O2/c1-12-5-6-16(20)18(9-12)27-11-25-8-7-17(23-25)19(26)21-13(2)15-10-24(4)22-14(15)3/h5-10,13H,11H2,1-4H3,(H,21,26). The summed E-state index contributed by atoms with van der Waals surface area (Å²) in [6, 6.07) is 7.04. The van der Waals surface area contributed by atoms with Crippen molar-refractivity contribution in [2.24, 2.45) is 7.05 Å². The van der Waals surface area contributed by atoms with E-state index in [-0.39, 0.29) is 18.7 Å². The number of aryl methyl sites for hydroxylation is 3. The number of ether oxygens (including phenoxy) is 1. The number of carbonyl (C=O) groups is 1. The molecule has 0 bridgehead atoms. The van der Waals surface area contributed by atoms with Crippen LogP contribution >= 0.6 is 11.6 Å². The summed E-state index contributed by atoms with van der Waals surface area (Å²) in [5.41, 5.74) is 3.24. The number of hydrogen-bond acceptors (Lipinski definition) is 4. The summed E-state index contributed by atoms with van der Waals surface area (Å²) < 4.78 is 8.97. The van der Waals surface area contributed by atoms with Crippen LogP contribution in [-0.2, 0) is 13.8 Å². The fourth-order valence-corrected chi connectivity index (χ4v) is 2.98. The Bertz CT molecular complexity index is 963. The largest absolute Gasteiger partial charge is 0.470 e. The van der Waals surface area contributed by atoms with Gasteiger partial charge >= 0.3 is 0 Å². The van der Waals surface area contributed by atoms with Gasteiger partial charge in [0, 0.05) is 25.0 Å². The van der Waals surface area contributed by atoms with Crippen LogP contribution in [0.5, 0.6) is 5.75 Å². The quantitative estimate of drug-likeness (QED) is 0.703. The molecule has 0 fully saturated rings.